The third kappa shape index (κ3) is 6.85. The van der Waals surface area contributed by atoms with E-state index in [-0.39, 0.29) is 0 Å². The standard InChI is InChI=1S/C11H25ClOSi/c1-4-7-10-14(12,11-8-5-2)13-9-6-3/h4-11H2,1-3H3. The Hall–Kier alpha value is 0.467. The lowest BCUT2D eigenvalue weighted by Crippen LogP contribution is -2.31. The molecule has 3 heteroatoms. The average Bonchev–Trinajstić information content (AvgIpc) is 2.21. The lowest BCUT2D eigenvalue weighted by molar-refractivity contribution is 0.309. The fraction of sp³-hybridized carbons (Fsp3) is 1.00. The van der Waals surface area contributed by atoms with E-state index in [4.69, 9.17) is 15.5 Å². The van der Waals surface area contributed by atoms with Gasteiger partial charge in [0.05, 0.1) is 0 Å². The van der Waals surface area contributed by atoms with Gasteiger partial charge in [-0.05, 0) is 18.5 Å². The van der Waals surface area contributed by atoms with Crippen LogP contribution >= 0.6 is 11.1 Å². The Morgan fingerprint density at radius 1 is 0.929 bits per heavy atom. The molecule has 14 heavy (non-hydrogen) atoms. The maximum Gasteiger partial charge on any atom is 0.290 e. The number of rotatable bonds is 9. The van der Waals surface area contributed by atoms with Crippen LogP contribution in [-0.4, -0.2) is 14.2 Å². The summed E-state index contributed by atoms with van der Waals surface area (Å²) in [5.41, 5.74) is 0. The van der Waals surface area contributed by atoms with Crippen LogP contribution in [0.3, 0.4) is 0 Å². The summed E-state index contributed by atoms with van der Waals surface area (Å²) in [7, 11) is -1.84. The molecule has 0 radical (unpaired) electrons. The smallest absolute Gasteiger partial charge is 0.290 e. The predicted octanol–water partition coefficient (Wildman–Crippen LogP) is 4.69. The third-order valence-electron chi connectivity index (χ3n) is 2.37. The minimum Gasteiger partial charge on any atom is -0.403 e. The lowest BCUT2D eigenvalue weighted by atomic mass is 10.4. The molecule has 0 spiro atoms. The largest absolute Gasteiger partial charge is 0.403 e. The van der Waals surface area contributed by atoms with Gasteiger partial charge in [-0.25, -0.2) is 0 Å². The summed E-state index contributed by atoms with van der Waals surface area (Å²) in [4.78, 5) is 0. The molecule has 0 unspecified atom stereocenters. The molecular weight excluding hydrogens is 212 g/mol. The number of halogens is 1. The van der Waals surface area contributed by atoms with Gasteiger partial charge >= 0.3 is 0 Å². The van der Waals surface area contributed by atoms with Crippen molar-refractivity contribution in [2.24, 2.45) is 0 Å². The van der Waals surface area contributed by atoms with Crippen LogP contribution in [0.1, 0.15) is 52.9 Å². The summed E-state index contributed by atoms with van der Waals surface area (Å²) in [6, 6.07) is 2.26. The Morgan fingerprint density at radius 2 is 1.43 bits per heavy atom. The van der Waals surface area contributed by atoms with Crippen LogP contribution in [0.2, 0.25) is 12.1 Å². The zero-order valence-electron chi connectivity index (χ0n) is 9.94. The normalized spacial score (nSPS) is 12.0. The van der Waals surface area contributed by atoms with E-state index in [1.807, 2.05) is 0 Å². The van der Waals surface area contributed by atoms with Crippen LogP contribution in [0.4, 0.5) is 0 Å². The molecule has 0 N–H and O–H groups in total. The van der Waals surface area contributed by atoms with E-state index in [1.165, 1.54) is 25.7 Å². The highest BCUT2D eigenvalue weighted by molar-refractivity contribution is 7.16. The van der Waals surface area contributed by atoms with E-state index < -0.39 is 7.63 Å². The Balaban J connectivity index is 3.89. The molecule has 0 aliphatic rings. The molecule has 0 aromatic rings. The summed E-state index contributed by atoms with van der Waals surface area (Å²) >= 11 is 6.59. The van der Waals surface area contributed by atoms with Gasteiger partial charge < -0.3 is 4.43 Å². The van der Waals surface area contributed by atoms with Crippen molar-refractivity contribution >= 4 is 18.7 Å². The topological polar surface area (TPSA) is 9.23 Å². The van der Waals surface area contributed by atoms with Crippen LogP contribution in [0, 0.1) is 0 Å². The SMILES string of the molecule is CCCC[Si](Cl)(CCCC)OCCC. The van der Waals surface area contributed by atoms with Gasteiger partial charge in [-0.3, -0.25) is 0 Å². The van der Waals surface area contributed by atoms with Crippen molar-refractivity contribution in [2.75, 3.05) is 6.61 Å². The van der Waals surface area contributed by atoms with E-state index in [9.17, 15) is 0 Å². The first-order chi connectivity index (χ1) is 6.68. The van der Waals surface area contributed by atoms with Crippen molar-refractivity contribution in [2.45, 2.75) is 65.0 Å². The molecule has 0 bridgehead atoms. The van der Waals surface area contributed by atoms with Crippen LogP contribution in [0.15, 0.2) is 0 Å². The van der Waals surface area contributed by atoms with Crippen LogP contribution < -0.4 is 0 Å². The first kappa shape index (κ1) is 14.5. The molecule has 0 saturated heterocycles. The zero-order valence-corrected chi connectivity index (χ0v) is 11.7. The molecule has 0 fully saturated rings. The molecule has 0 amide bonds. The van der Waals surface area contributed by atoms with Crippen molar-refractivity contribution in [1.29, 1.82) is 0 Å². The number of hydrogen-bond donors (Lipinski definition) is 0. The summed E-state index contributed by atoms with van der Waals surface area (Å²) in [6.45, 7) is 7.42. The molecule has 0 atom stereocenters. The Morgan fingerprint density at radius 3 is 1.79 bits per heavy atom. The summed E-state index contributed by atoms with van der Waals surface area (Å²) in [6.07, 6.45) is 5.98. The van der Waals surface area contributed by atoms with Gasteiger partial charge in [0.15, 0.2) is 0 Å². The zero-order chi connectivity index (χ0) is 10.9. The van der Waals surface area contributed by atoms with Crippen LogP contribution in [0.5, 0.6) is 0 Å². The second kappa shape index (κ2) is 8.75. The van der Waals surface area contributed by atoms with E-state index in [1.54, 1.807) is 0 Å². The molecule has 0 saturated carbocycles. The van der Waals surface area contributed by atoms with Crippen LogP contribution in [0.25, 0.3) is 0 Å². The van der Waals surface area contributed by atoms with Crippen LogP contribution in [-0.2, 0) is 4.43 Å². The van der Waals surface area contributed by atoms with Crippen molar-refractivity contribution < 1.29 is 4.43 Å². The molecule has 1 nitrogen and oxygen atoms in total. The van der Waals surface area contributed by atoms with E-state index in [0.29, 0.717) is 0 Å². The van der Waals surface area contributed by atoms with Crippen molar-refractivity contribution in [3.63, 3.8) is 0 Å². The van der Waals surface area contributed by atoms with Gasteiger partial charge in [0.2, 0.25) is 0 Å². The molecule has 0 aromatic heterocycles. The molecule has 0 aliphatic heterocycles. The monoisotopic (exact) mass is 236 g/mol. The summed E-state index contributed by atoms with van der Waals surface area (Å²) in [5.74, 6) is 0. The van der Waals surface area contributed by atoms with Gasteiger partial charge in [-0.2, -0.15) is 0 Å². The second-order valence-electron chi connectivity index (χ2n) is 3.94. The quantitative estimate of drug-likeness (QED) is 0.417. The highest BCUT2D eigenvalue weighted by Gasteiger charge is 2.30. The van der Waals surface area contributed by atoms with Gasteiger partial charge in [0, 0.05) is 6.61 Å². The van der Waals surface area contributed by atoms with Crippen molar-refractivity contribution in [1.82, 2.24) is 0 Å². The Labute approximate surface area is 95.0 Å². The van der Waals surface area contributed by atoms with E-state index in [0.717, 1.165) is 25.1 Å². The maximum atomic E-state index is 6.59. The Bertz CT molecular complexity index is 109. The van der Waals surface area contributed by atoms with Gasteiger partial charge in [-0.1, -0.05) is 46.5 Å². The molecule has 0 heterocycles. The third-order valence-corrected chi connectivity index (χ3v) is 6.76. The highest BCUT2D eigenvalue weighted by atomic mass is 35.6. The molecule has 0 rings (SSSR count). The average molecular weight is 237 g/mol. The van der Waals surface area contributed by atoms with Crippen molar-refractivity contribution in [3.05, 3.63) is 0 Å². The molecule has 0 aliphatic carbocycles. The van der Waals surface area contributed by atoms with Gasteiger partial charge in [0.25, 0.3) is 7.63 Å². The second-order valence-corrected chi connectivity index (χ2v) is 9.06. The fourth-order valence-corrected chi connectivity index (χ4v) is 5.34. The molecule has 0 aromatic carbocycles. The summed E-state index contributed by atoms with van der Waals surface area (Å²) < 4.78 is 5.89. The number of unbranched alkanes of at least 4 members (excludes halogenated alkanes) is 2. The van der Waals surface area contributed by atoms with Gasteiger partial charge in [-0.15, -0.1) is 11.1 Å². The maximum absolute atomic E-state index is 6.59. The van der Waals surface area contributed by atoms with E-state index in [2.05, 4.69) is 20.8 Å². The van der Waals surface area contributed by atoms with Crippen molar-refractivity contribution in [3.8, 4) is 0 Å². The first-order valence-corrected chi connectivity index (χ1v) is 9.34. The first-order valence-electron chi connectivity index (χ1n) is 6.01. The molecular formula is C11H25ClOSi. The number of hydrogen-bond acceptors (Lipinski definition) is 1. The summed E-state index contributed by atoms with van der Waals surface area (Å²) in [5, 5.41) is 0. The minimum atomic E-state index is -1.84. The fourth-order valence-electron chi connectivity index (χ4n) is 1.44. The molecule has 86 valence electrons. The predicted molar refractivity (Wildman–Crippen MR) is 67.3 cm³/mol. The van der Waals surface area contributed by atoms with E-state index >= 15 is 0 Å². The Kier molecular flexibility index (Phi) is 9.04. The van der Waals surface area contributed by atoms with Gasteiger partial charge in [0.1, 0.15) is 0 Å². The minimum absolute atomic E-state index is 0.850. The highest BCUT2D eigenvalue weighted by Crippen LogP contribution is 2.27. The lowest BCUT2D eigenvalue weighted by Gasteiger charge is -2.24.